The van der Waals surface area contributed by atoms with Gasteiger partial charge >= 0.3 is 0 Å². The van der Waals surface area contributed by atoms with Crippen LogP contribution in [0, 0.1) is 0 Å². The molecule has 0 bridgehead atoms. The molecule has 0 atom stereocenters. The van der Waals surface area contributed by atoms with Gasteiger partial charge in [-0.05, 0) is 24.3 Å². The zero-order valence-electron chi connectivity index (χ0n) is 14.8. The molecule has 0 fully saturated rings. The highest BCUT2D eigenvalue weighted by molar-refractivity contribution is 7.18. The fraction of sp³-hybridized carbons (Fsp3) is 0.158. The number of rotatable bonds is 5. The number of amides is 1. The maximum absolute atomic E-state index is 12.7. The first-order valence-electron chi connectivity index (χ1n) is 8.47. The monoisotopic (exact) mass is 379 g/mol. The minimum absolute atomic E-state index is 0.165. The summed E-state index contributed by atoms with van der Waals surface area (Å²) < 4.78 is 7.50. The molecule has 2 aromatic heterocycles. The van der Waals surface area contributed by atoms with Crippen molar-refractivity contribution in [2.24, 2.45) is 0 Å². The lowest BCUT2D eigenvalue weighted by molar-refractivity contribution is 0.102. The molecule has 2 aromatic carbocycles. The van der Waals surface area contributed by atoms with Gasteiger partial charge in [0.25, 0.3) is 5.91 Å². The number of ether oxygens (including phenoxy) is 1. The van der Waals surface area contributed by atoms with Crippen molar-refractivity contribution in [2.75, 3.05) is 5.32 Å². The second-order valence-electron chi connectivity index (χ2n) is 6.18. The Balaban J connectivity index is 1.58. The molecular formula is C19H17N5O2S. The van der Waals surface area contributed by atoms with Crippen LogP contribution in [0.25, 0.3) is 4.96 Å². The number of carbonyl (C=O) groups excluding carboxylic acids is 1. The van der Waals surface area contributed by atoms with Crippen LogP contribution in [0.5, 0.6) is 11.5 Å². The third kappa shape index (κ3) is 3.52. The van der Waals surface area contributed by atoms with E-state index in [1.54, 1.807) is 16.6 Å². The Morgan fingerprint density at radius 1 is 1.07 bits per heavy atom. The van der Waals surface area contributed by atoms with Gasteiger partial charge in [0, 0.05) is 5.92 Å². The second kappa shape index (κ2) is 7.16. The van der Waals surface area contributed by atoms with Crippen molar-refractivity contribution in [3.63, 3.8) is 0 Å². The third-order valence-corrected chi connectivity index (χ3v) is 4.73. The molecule has 4 aromatic rings. The molecular weight excluding hydrogens is 362 g/mol. The summed E-state index contributed by atoms with van der Waals surface area (Å²) in [4.78, 5) is 13.3. The number of nitrogens with one attached hydrogen (secondary N) is 1. The van der Waals surface area contributed by atoms with Gasteiger partial charge in [0.1, 0.15) is 5.75 Å². The molecule has 8 heteroatoms. The van der Waals surface area contributed by atoms with Crippen LogP contribution in [-0.4, -0.2) is 25.7 Å². The van der Waals surface area contributed by atoms with E-state index < -0.39 is 0 Å². The highest BCUT2D eigenvalue weighted by Gasteiger charge is 2.19. The summed E-state index contributed by atoms with van der Waals surface area (Å²) in [7, 11) is 0. The SMILES string of the molecule is CC(C)c1nnc2sc(C(=O)Nc3ccccc3Oc3ccccc3)nn12. The van der Waals surface area contributed by atoms with E-state index in [0.29, 0.717) is 27.2 Å². The van der Waals surface area contributed by atoms with Crippen LogP contribution < -0.4 is 10.1 Å². The quantitative estimate of drug-likeness (QED) is 0.557. The standard InChI is InChI=1S/C19H17N5O2S/c1-12(2)16-21-22-19-24(16)23-18(27-19)17(25)20-14-10-6-7-11-15(14)26-13-8-4-3-5-9-13/h3-12H,1-2H3,(H,20,25). The van der Waals surface area contributed by atoms with Crippen LogP contribution >= 0.6 is 11.3 Å². The van der Waals surface area contributed by atoms with Crippen LogP contribution in [0.3, 0.4) is 0 Å². The van der Waals surface area contributed by atoms with Gasteiger partial charge in [0.15, 0.2) is 11.6 Å². The summed E-state index contributed by atoms with van der Waals surface area (Å²) in [5, 5.41) is 15.7. The Hall–Kier alpha value is -3.26. The first-order chi connectivity index (χ1) is 13.1. The van der Waals surface area contributed by atoms with Gasteiger partial charge in [-0.2, -0.15) is 4.52 Å². The van der Waals surface area contributed by atoms with Crippen molar-refractivity contribution in [3.05, 3.63) is 65.4 Å². The van der Waals surface area contributed by atoms with E-state index in [1.165, 1.54) is 11.3 Å². The lowest BCUT2D eigenvalue weighted by Crippen LogP contribution is -2.13. The number of anilines is 1. The predicted molar refractivity (Wildman–Crippen MR) is 104 cm³/mol. The maximum atomic E-state index is 12.7. The summed E-state index contributed by atoms with van der Waals surface area (Å²) in [5.41, 5.74) is 0.571. The molecule has 1 amide bonds. The van der Waals surface area contributed by atoms with Crippen molar-refractivity contribution in [1.82, 2.24) is 19.8 Å². The van der Waals surface area contributed by atoms with Gasteiger partial charge in [-0.25, -0.2) is 0 Å². The molecule has 27 heavy (non-hydrogen) atoms. The van der Waals surface area contributed by atoms with Gasteiger partial charge in [-0.15, -0.1) is 15.3 Å². The lowest BCUT2D eigenvalue weighted by atomic mass is 10.2. The average Bonchev–Trinajstić information content (AvgIpc) is 3.24. The van der Waals surface area contributed by atoms with E-state index in [9.17, 15) is 4.79 Å². The minimum Gasteiger partial charge on any atom is -0.455 e. The molecule has 0 aliphatic carbocycles. The molecule has 0 saturated carbocycles. The lowest BCUT2D eigenvalue weighted by Gasteiger charge is -2.11. The van der Waals surface area contributed by atoms with Crippen molar-refractivity contribution in [1.29, 1.82) is 0 Å². The topological polar surface area (TPSA) is 81.4 Å². The zero-order valence-corrected chi connectivity index (χ0v) is 15.6. The molecule has 136 valence electrons. The van der Waals surface area contributed by atoms with Gasteiger partial charge in [-0.3, -0.25) is 4.79 Å². The van der Waals surface area contributed by atoms with E-state index in [4.69, 9.17) is 4.74 Å². The first-order valence-corrected chi connectivity index (χ1v) is 9.29. The van der Waals surface area contributed by atoms with Crippen LogP contribution in [0.1, 0.15) is 35.4 Å². The molecule has 4 rings (SSSR count). The number of benzene rings is 2. The Labute approximate surface area is 159 Å². The largest absolute Gasteiger partial charge is 0.455 e. The molecule has 7 nitrogen and oxygen atoms in total. The number of fused-ring (bicyclic) bond motifs is 1. The Morgan fingerprint density at radius 3 is 2.59 bits per heavy atom. The van der Waals surface area contributed by atoms with Gasteiger partial charge in [0.05, 0.1) is 5.69 Å². The zero-order chi connectivity index (χ0) is 18.8. The Morgan fingerprint density at radius 2 is 1.81 bits per heavy atom. The maximum Gasteiger partial charge on any atom is 0.286 e. The summed E-state index contributed by atoms with van der Waals surface area (Å²) in [6, 6.07) is 16.7. The molecule has 0 radical (unpaired) electrons. The number of nitrogens with zero attached hydrogens (tertiary/aromatic N) is 4. The highest BCUT2D eigenvalue weighted by Crippen LogP contribution is 2.30. The number of carbonyl (C=O) groups is 1. The number of hydrogen-bond acceptors (Lipinski definition) is 6. The van der Waals surface area contributed by atoms with Crippen molar-refractivity contribution in [2.45, 2.75) is 19.8 Å². The normalized spacial score (nSPS) is 11.1. The van der Waals surface area contributed by atoms with Gasteiger partial charge in [0.2, 0.25) is 9.97 Å². The van der Waals surface area contributed by atoms with Crippen molar-refractivity contribution in [3.8, 4) is 11.5 Å². The van der Waals surface area contributed by atoms with Gasteiger partial charge < -0.3 is 10.1 Å². The molecule has 1 N–H and O–H groups in total. The number of hydrogen-bond donors (Lipinski definition) is 1. The summed E-state index contributed by atoms with van der Waals surface area (Å²) in [5.74, 6) is 1.83. The molecule has 0 unspecified atom stereocenters. The number of para-hydroxylation sites is 3. The highest BCUT2D eigenvalue weighted by atomic mass is 32.1. The van der Waals surface area contributed by atoms with Crippen LogP contribution in [0.15, 0.2) is 54.6 Å². The van der Waals surface area contributed by atoms with Crippen LogP contribution in [0.2, 0.25) is 0 Å². The van der Waals surface area contributed by atoms with Gasteiger partial charge in [-0.1, -0.05) is 55.5 Å². The molecule has 0 aliphatic rings. The number of aromatic nitrogens is 4. The fourth-order valence-electron chi connectivity index (χ4n) is 2.53. The fourth-order valence-corrected chi connectivity index (χ4v) is 3.28. The van der Waals surface area contributed by atoms with Crippen LogP contribution in [0.4, 0.5) is 5.69 Å². The molecule has 2 heterocycles. The van der Waals surface area contributed by atoms with E-state index in [-0.39, 0.29) is 11.8 Å². The third-order valence-electron chi connectivity index (χ3n) is 3.83. The molecule has 0 spiro atoms. The van der Waals surface area contributed by atoms with Crippen LogP contribution in [-0.2, 0) is 0 Å². The Kier molecular flexibility index (Phi) is 4.55. The van der Waals surface area contributed by atoms with E-state index in [1.807, 2.05) is 56.3 Å². The second-order valence-corrected chi connectivity index (χ2v) is 7.14. The average molecular weight is 379 g/mol. The smallest absolute Gasteiger partial charge is 0.286 e. The summed E-state index contributed by atoms with van der Waals surface area (Å²) in [6.07, 6.45) is 0. The first kappa shape index (κ1) is 17.2. The molecule has 0 aliphatic heterocycles. The van der Waals surface area contributed by atoms with E-state index >= 15 is 0 Å². The minimum atomic E-state index is -0.315. The Bertz CT molecular complexity index is 1090. The predicted octanol–water partition coefficient (Wildman–Crippen LogP) is 4.35. The van der Waals surface area contributed by atoms with Crippen molar-refractivity contribution >= 4 is 27.9 Å². The summed E-state index contributed by atoms with van der Waals surface area (Å²) >= 11 is 1.20. The van der Waals surface area contributed by atoms with E-state index in [0.717, 1.165) is 5.82 Å². The van der Waals surface area contributed by atoms with Crippen molar-refractivity contribution < 1.29 is 9.53 Å². The van der Waals surface area contributed by atoms with E-state index in [2.05, 4.69) is 20.6 Å². The molecule has 0 saturated heterocycles. The summed E-state index contributed by atoms with van der Waals surface area (Å²) in [6.45, 7) is 4.01.